The van der Waals surface area contributed by atoms with Crippen LogP contribution in [0, 0.1) is 28.6 Å². The van der Waals surface area contributed by atoms with Crippen LogP contribution in [0.3, 0.4) is 0 Å². The predicted octanol–water partition coefficient (Wildman–Crippen LogP) is 1.60. The number of hydrogen-bond acceptors (Lipinski definition) is 27. The number of amides is 9. The van der Waals surface area contributed by atoms with Crippen molar-refractivity contribution in [1.82, 2.24) is 42.1 Å². The number of unbranched alkanes of at least 4 members (excludes halogenated alkanes) is 1. The normalized spacial score (nSPS) is 23.4. The molecule has 35 nitrogen and oxygen atoms in total. The van der Waals surface area contributed by atoms with Crippen molar-refractivity contribution < 1.29 is 129 Å². The molecule has 0 spiro atoms. The van der Waals surface area contributed by atoms with Gasteiger partial charge in [-0.1, -0.05) is 39.3 Å². The molecule has 646 valence electrons. The van der Waals surface area contributed by atoms with Crippen LogP contribution in [-0.2, 0) is 124 Å². The lowest BCUT2D eigenvalue weighted by molar-refractivity contribution is -0.203. The number of carbonyl (C=O) groups excluding carboxylic acids is 12. The van der Waals surface area contributed by atoms with E-state index in [0.29, 0.717) is 164 Å². The third-order valence-electron chi connectivity index (χ3n) is 20.6. The summed E-state index contributed by atoms with van der Waals surface area (Å²) in [5, 5.41) is 29.8. The van der Waals surface area contributed by atoms with E-state index in [1.165, 1.54) is 26.8 Å². The molecule has 0 aromatic rings. The molecule has 0 saturated heterocycles. The van der Waals surface area contributed by atoms with E-state index in [2.05, 4.69) is 69.1 Å². The number of methoxy groups -OCH3 is 1. The molecule has 1 aliphatic heterocycles. The van der Waals surface area contributed by atoms with Crippen molar-refractivity contribution >= 4 is 114 Å². The number of aliphatic hydroxyl groups is 1. The fourth-order valence-corrected chi connectivity index (χ4v) is 15.8. The van der Waals surface area contributed by atoms with Gasteiger partial charge in [0.15, 0.2) is 11.4 Å². The summed E-state index contributed by atoms with van der Waals surface area (Å²) < 4.78 is 77.1. The standard InChI is InChI=1S/C76H119Br2ClN8O27/c1-9-64(94)114-76(50(2)44-57-56-14-13-54-45-55(88)15-18-73(54,6)75(56,79)59(89)46-74(57,76)7)60(90)48-113-49-82-63(93)47-81-67(95)51(3)83-68(96)52(4)84-69(97)53(5)85-70(98)58(86-62(92)16-20-87-71(99)65(77)66(78)72(87)100)12-10-11-19-80-61(91)17-21-102-24-25-104-28-29-106-32-33-108-36-37-110-40-41-112-43-42-111-39-38-109-35-34-107-31-30-105-27-26-103-23-22-101-8/h15,18,45,50-53,56-59,89H,9-14,16-17,19-44,46-49H2,1-8H3,(H,80,91)(H,81,95)(H,82,93)(H,83,96)(H,84,97)(H,85,98)(H,86,92)/t50-,51-,52-,53-,56-,57?,58-,59-,73-,74-,75-,76-/m0/s1. The highest BCUT2D eigenvalue weighted by atomic mass is 79.9. The number of nitrogens with zero attached hydrogens (tertiary/aromatic N) is 1. The monoisotopic (exact) mass is 1770 g/mol. The van der Waals surface area contributed by atoms with Crippen molar-refractivity contribution in [2.75, 3.05) is 192 Å². The Morgan fingerprint density at radius 1 is 0.579 bits per heavy atom. The first-order valence-corrected chi connectivity index (χ1v) is 40.9. The van der Waals surface area contributed by atoms with E-state index in [-0.39, 0.29) is 97.5 Å². The first-order chi connectivity index (χ1) is 54.5. The number of ketones is 2. The molecule has 12 atom stereocenters. The third kappa shape index (κ3) is 30.2. The average molecular weight is 1770 g/mol. The molecule has 3 saturated carbocycles. The number of esters is 1. The van der Waals surface area contributed by atoms with Crippen LogP contribution in [0.4, 0.5) is 0 Å². The van der Waals surface area contributed by atoms with Gasteiger partial charge in [0.2, 0.25) is 47.1 Å². The summed E-state index contributed by atoms with van der Waals surface area (Å²) in [7, 11) is 1.63. The lowest BCUT2D eigenvalue weighted by atomic mass is 9.45. The van der Waals surface area contributed by atoms with Crippen LogP contribution in [0.15, 0.2) is 32.8 Å². The maximum Gasteiger partial charge on any atom is 0.306 e. The van der Waals surface area contributed by atoms with Crippen LogP contribution in [0.25, 0.3) is 0 Å². The molecule has 38 heteroatoms. The molecular formula is C76H119Br2ClN8O27. The number of allylic oxidation sites excluding steroid dienone is 4. The smallest absolute Gasteiger partial charge is 0.306 e. The summed E-state index contributed by atoms with van der Waals surface area (Å²) in [4.78, 5) is 157. The van der Waals surface area contributed by atoms with Crippen molar-refractivity contribution in [3.8, 4) is 0 Å². The second kappa shape index (κ2) is 52.2. The minimum atomic E-state index is -1.73. The van der Waals surface area contributed by atoms with E-state index in [1.807, 2.05) is 20.8 Å². The van der Waals surface area contributed by atoms with Crippen LogP contribution < -0.4 is 37.2 Å². The van der Waals surface area contributed by atoms with Gasteiger partial charge in [0.25, 0.3) is 11.8 Å². The first kappa shape index (κ1) is 98.7. The maximum atomic E-state index is 14.6. The Bertz CT molecular complexity index is 3230. The summed E-state index contributed by atoms with van der Waals surface area (Å²) in [5.74, 6) is -8.72. The van der Waals surface area contributed by atoms with Crippen molar-refractivity contribution in [2.45, 2.75) is 153 Å². The molecule has 5 rings (SSSR count). The lowest BCUT2D eigenvalue weighted by Crippen LogP contribution is -2.69. The Morgan fingerprint density at radius 3 is 1.53 bits per heavy atom. The van der Waals surface area contributed by atoms with Gasteiger partial charge >= 0.3 is 5.97 Å². The lowest BCUT2D eigenvalue weighted by Gasteiger charge is -2.64. The van der Waals surface area contributed by atoms with Crippen molar-refractivity contribution in [3.63, 3.8) is 0 Å². The van der Waals surface area contributed by atoms with Gasteiger partial charge in [0, 0.05) is 56.2 Å². The molecule has 114 heavy (non-hydrogen) atoms. The summed E-state index contributed by atoms with van der Waals surface area (Å²) in [6, 6.07) is -5.02. The zero-order chi connectivity index (χ0) is 83.7. The number of alkyl halides is 1. The third-order valence-corrected chi connectivity index (χ3v) is 23.5. The highest BCUT2D eigenvalue weighted by Crippen LogP contribution is 2.72. The number of ether oxygens (including phenoxy) is 14. The van der Waals surface area contributed by atoms with Gasteiger partial charge in [-0.25, -0.2) is 0 Å². The van der Waals surface area contributed by atoms with E-state index >= 15 is 0 Å². The number of carbonyl (C=O) groups is 12. The van der Waals surface area contributed by atoms with Crippen molar-refractivity contribution in [2.24, 2.45) is 28.6 Å². The number of nitrogens with one attached hydrogen (secondary N) is 7. The predicted molar refractivity (Wildman–Crippen MR) is 417 cm³/mol. The highest BCUT2D eigenvalue weighted by molar-refractivity contribution is 9.14. The number of hydrogen-bond donors (Lipinski definition) is 8. The number of Topliss-reactive ketones (excluding diaryl/α,β-unsaturated/α-hetero) is 1. The van der Waals surface area contributed by atoms with Gasteiger partial charge < -0.3 is 109 Å². The SMILES string of the molecule is CCC(=O)O[C@]1(C(=O)COCNC(=O)CNC(=O)[C@H](C)NC(=O)[C@H](C)NC(=O)[C@H](C)NC(=O)[C@H](CCCCNC(=O)CCOCCOCCOCCOCCOCCOCCOCCOCCOCCOCCOCCOC)NC(=O)CCN2C(=O)C(Br)=C(Br)C2=O)[C@@H](C)CC2[C@@H]3CCC4=CC(=O)C=C[C@]4(C)[C@@]3(Cl)[C@@H](O)C[C@@]21C. The van der Waals surface area contributed by atoms with Crippen molar-refractivity contribution in [3.05, 3.63) is 32.8 Å². The molecule has 0 bridgehead atoms. The number of rotatable bonds is 61. The molecule has 0 aromatic carbocycles. The van der Waals surface area contributed by atoms with Gasteiger partial charge in [0.1, 0.15) is 46.5 Å². The van der Waals surface area contributed by atoms with E-state index in [4.69, 9.17) is 77.9 Å². The van der Waals surface area contributed by atoms with Crippen molar-refractivity contribution in [1.29, 1.82) is 0 Å². The van der Waals surface area contributed by atoms with E-state index in [9.17, 15) is 62.6 Å². The fraction of sp³-hybridized carbons (Fsp3) is 0.763. The molecule has 1 unspecified atom stereocenters. The first-order valence-electron chi connectivity index (χ1n) is 39.0. The summed E-state index contributed by atoms with van der Waals surface area (Å²) in [5.41, 5.74) is -2.84. The van der Waals surface area contributed by atoms with E-state index < -0.39 is 136 Å². The van der Waals surface area contributed by atoms with Crippen LogP contribution in [0.1, 0.15) is 113 Å². The minimum Gasteiger partial charge on any atom is -0.450 e. The van der Waals surface area contributed by atoms with Crippen LogP contribution in [0.2, 0.25) is 0 Å². The van der Waals surface area contributed by atoms with Gasteiger partial charge in [-0.3, -0.25) is 62.4 Å². The topological polar surface area (TPSA) is 442 Å². The van der Waals surface area contributed by atoms with Gasteiger partial charge in [-0.2, -0.15) is 0 Å². The zero-order valence-electron chi connectivity index (χ0n) is 66.9. The minimum absolute atomic E-state index is 0.00404. The summed E-state index contributed by atoms with van der Waals surface area (Å²) in [6.45, 7) is 19.1. The Balaban J connectivity index is 0.908. The number of halogens is 3. The molecule has 3 fully saturated rings. The maximum absolute atomic E-state index is 14.6. The zero-order valence-corrected chi connectivity index (χ0v) is 70.8. The van der Waals surface area contributed by atoms with Crippen LogP contribution in [0.5, 0.6) is 0 Å². The Labute approximate surface area is 688 Å². The summed E-state index contributed by atoms with van der Waals surface area (Å²) >= 11 is 13.7. The van der Waals surface area contributed by atoms with Crippen LogP contribution in [-0.4, -0.2) is 313 Å². The molecule has 8 N–H and O–H groups in total. The fourth-order valence-electron chi connectivity index (χ4n) is 14.5. The molecule has 5 aliphatic rings. The number of aliphatic hydroxyl groups excluding tert-OH is 1. The molecule has 9 amide bonds. The van der Waals surface area contributed by atoms with Gasteiger partial charge in [-0.05, 0) is 122 Å². The van der Waals surface area contributed by atoms with Gasteiger partial charge in [-0.15, -0.1) is 11.6 Å². The Kier molecular flexibility index (Phi) is 45.2. The molecule has 0 radical (unpaired) electrons. The summed E-state index contributed by atoms with van der Waals surface area (Å²) in [6.07, 6.45) is 5.53. The molecular weight excluding hydrogens is 1650 g/mol. The number of imide groups is 1. The van der Waals surface area contributed by atoms with Crippen LogP contribution >= 0.6 is 43.5 Å². The second-order valence-corrected chi connectivity index (χ2v) is 30.7. The van der Waals surface area contributed by atoms with E-state index in [1.54, 1.807) is 26.2 Å². The number of fused-ring (bicyclic) bond motifs is 5. The average Bonchev–Trinajstić information content (AvgIpc) is 1.43. The van der Waals surface area contributed by atoms with E-state index in [0.717, 1.165) is 10.5 Å². The Morgan fingerprint density at radius 2 is 1.04 bits per heavy atom. The van der Waals surface area contributed by atoms with Gasteiger partial charge in [0.05, 0.1) is 169 Å². The second-order valence-electron chi connectivity index (χ2n) is 28.5. The molecule has 1 heterocycles. The quantitative estimate of drug-likeness (QED) is 0.0141. The highest BCUT2D eigenvalue weighted by Gasteiger charge is 2.76. The molecule has 4 aliphatic carbocycles. The Hall–Kier alpha value is -5.85. The molecule has 0 aromatic heterocycles. The largest absolute Gasteiger partial charge is 0.450 e.